The van der Waals surface area contributed by atoms with Crippen LogP contribution in [0.3, 0.4) is 0 Å². The van der Waals surface area contributed by atoms with Gasteiger partial charge in [-0.15, -0.1) is 0 Å². The van der Waals surface area contributed by atoms with E-state index >= 15 is 0 Å². The van der Waals surface area contributed by atoms with Gasteiger partial charge in [0.15, 0.2) is 0 Å². The fourth-order valence-electron chi connectivity index (χ4n) is 2.59. The minimum absolute atomic E-state index is 0.0262. The molecule has 8 nitrogen and oxygen atoms in total. The molecule has 0 spiro atoms. The maximum absolute atomic E-state index is 10.8. The van der Waals surface area contributed by atoms with Gasteiger partial charge in [-0.25, -0.2) is 0 Å². The second-order valence-corrected chi connectivity index (χ2v) is 5.22. The molecule has 0 bridgehead atoms. The van der Waals surface area contributed by atoms with Crippen molar-refractivity contribution in [2.24, 2.45) is 0 Å². The average molecular weight is 316 g/mol. The molecule has 1 fully saturated rings. The molecular formula is C15H14N3O5+. The third-order valence-corrected chi connectivity index (χ3v) is 3.76. The van der Waals surface area contributed by atoms with E-state index in [4.69, 9.17) is 4.74 Å². The van der Waals surface area contributed by atoms with Crippen LogP contribution >= 0.6 is 0 Å². The summed E-state index contributed by atoms with van der Waals surface area (Å²) in [4.78, 5) is 20.6. The number of hydrogen-bond donors (Lipinski definition) is 1. The van der Waals surface area contributed by atoms with Crippen LogP contribution in [0.2, 0.25) is 0 Å². The third kappa shape index (κ3) is 3.17. The van der Waals surface area contributed by atoms with Crippen molar-refractivity contribution in [2.75, 3.05) is 6.54 Å². The molecule has 0 unspecified atom stereocenters. The second-order valence-electron chi connectivity index (χ2n) is 5.22. The first kappa shape index (κ1) is 15.1. The van der Waals surface area contributed by atoms with Crippen molar-refractivity contribution < 1.29 is 19.9 Å². The SMILES string of the molecule is O=[N+]([O-])c1ccc([C@@H]2C[NH2+][C@H](c3cccc([N+](=O)[O-])c3)O2)cc1. The van der Waals surface area contributed by atoms with E-state index in [0.29, 0.717) is 6.54 Å². The summed E-state index contributed by atoms with van der Waals surface area (Å²) in [6, 6.07) is 12.6. The Kier molecular flexibility index (Phi) is 4.00. The lowest BCUT2D eigenvalue weighted by atomic mass is 10.1. The third-order valence-electron chi connectivity index (χ3n) is 3.76. The van der Waals surface area contributed by atoms with E-state index < -0.39 is 9.85 Å². The largest absolute Gasteiger partial charge is 0.315 e. The van der Waals surface area contributed by atoms with Crippen LogP contribution in [-0.2, 0) is 4.74 Å². The highest BCUT2D eigenvalue weighted by atomic mass is 16.6. The molecule has 0 amide bonds. The van der Waals surface area contributed by atoms with E-state index in [1.165, 1.54) is 24.3 Å². The monoisotopic (exact) mass is 316 g/mol. The van der Waals surface area contributed by atoms with Crippen molar-refractivity contribution in [1.82, 2.24) is 0 Å². The van der Waals surface area contributed by atoms with Crippen LogP contribution in [0.5, 0.6) is 0 Å². The van der Waals surface area contributed by atoms with Crippen molar-refractivity contribution in [3.8, 4) is 0 Å². The Morgan fingerprint density at radius 1 is 0.957 bits per heavy atom. The summed E-state index contributed by atoms with van der Waals surface area (Å²) in [5.41, 5.74) is 1.63. The van der Waals surface area contributed by atoms with Gasteiger partial charge in [-0.2, -0.15) is 0 Å². The zero-order valence-electron chi connectivity index (χ0n) is 12.0. The molecule has 0 radical (unpaired) electrons. The maximum Gasteiger partial charge on any atom is 0.270 e. The van der Waals surface area contributed by atoms with E-state index in [2.05, 4.69) is 0 Å². The maximum atomic E-state index is 10.8. The van der Waals surface area contributed by atoms with E-state index in [9.17, 15) is 20.2 Å². The lowest BCUT2D eigenvalue weighted by molar-refractivity contribution is -0.698. The van der Waals surface area contributed by atoms with Crippen LogP contribution in [-0.4, -0.2) is 16.4 Å². The van der Waals surface area contributed by atoms with Crippen LogP contribution in [0.15, 0.2) is 48.5 Å². The van der Waals surface area contributed by atoms with Crippen LogP contribution in [0.1, 0.15) is 23.5 Å². The van der Waals surface area contributed by atoms with E-state index in [1.54, 1.807) is 24.3 Å². The molecule has 0 aliphatic carbocycles. The number of hydrogen-bond acceptors (Lipinski definition) is 5. The molecule has 2 atom stereocenters. The van der Waals surface area contributed by atoms with Gasteiger partial charge in [0.25, 0.3) is 11.4 Å². The fraction of sp³-hybridized carbons (Fsp3) is 0.200. The molecule has 0 aromatic heterocycles. The minimum atomic E-state index is -0.447. The van der Waals surface area contributed by atoms with Gasteiger partial charge in [0.2, 0.25) is 6.23 Å². The highest BCUT2D eigenvalue weighted by molar-refractivity contribution is 5.36. The number of benzene rings is 2. The number of non-ortho nitro benzene ring substituents is 2. The van der Waals surface area contributed by atoms with Gasteiger partial charge < -0.3 is 10.1 Å². The van der Waals surface area contributed by atoms with Crippen LogP contribution in [0.4, 0.5) is 11.4 Å². The number of ether oxygens (including phenoxy) is 1. The first-order chi connectivity index (χ1) is 11.0. The molecule has 2 aromatic carbocycles. The molecule has 1 aliphatic heterocycles. The molecule has 0 saturated carbocycles. The number of rotatable bonds is 4. The summed E-state index contributed by atoms with van der Waals surface area (Å²) in [6.45, 7) is 0.644. The molecule has 2 N–H and O–H groups in total. The molecule has 1 saturated heterocycles. The molecule has 2 aromatic rings. The van der Waals surface area contributed by atoms with E-state index in [-0.39, 0.29) is 23.7 Å². The Morgan fingerprint density at radius 2 is 1.65 bits per heavy atom. The lowest BCUT2D eigenvalue weighted by Gasteiger charge is -2.09. The van der Waals surface area contributed by atoms with Gasteiger partial charge >= 0.3 is 0 Å². The number of quaternary nitrogens is 1. The molecule has 1 heterocycles. The summed E-state index contributed by atoms with van der Waals surface area (Å²) in [7, 11) is 0. The minimum Gasteiger partial charge on any atom is -0.315 e. The van der Waals surface area contributed by atoms with Crippen LogP contribution < -0.4 is 5.32 Å². The predicted octanol–water partition coefficient (Wildman–Crippen LogP) is 1.84. The Labute approximate surface area is 131 Å². The van der Waals surface area contributed by atoms with Gasteiger partial charge in [-0.3, -0.25) is 20.2 Å². The summed E-state index contributed by atoms with van der Waals surface area (Å²) < 4.78 is 5.92. The molecule has 3 rings (SSSR count). The molecule has 8 heteroatoms. The quantitative estimate of drug-likeness (QED) is 0.683. The first-order valence-corrected chi connectivity index (χ1v) is 7.02. The van der Waals surface area contributed by atoms with Gasteiger partial charge in [-0.05, 0) is 23.8 Å². The number of nitrogens with two attached hydrogens (primary N) is 1. The summed E-state index contributed by atoms with van der Waals surface area (Å²) in [5.74, 6) is 0. The Bertz CT molecular complexity index is 747. The van der Waals surface area contributed by atoms with Crippen molar-refractivity contribution in [3.63, 3.8) is 0 Å². The highest BCUT2D eigenvalue weighted by Crippen LogP contribution is 2.28. The molecule has 118 valence electrons. The summed E-state index contributed by atoms with van der Waals surface area (Å²) in [5, 5.41) is 23.5. The Morgan fingerprint density at radius 3 is 2.30 bits per heavy atom. The smallest absolute Gasteiger partial charge is 0.270 e. The molecule has 1 aliphatic rings. The van der Waals surface area contributed by atoms with Gasteiger partial charge in [0.1, 0.15) is 12.6 Å². The first-order valence-electron chi connectivity index (χ1n) is 7.02. The number of nitro groups is 2. The van der Waals surface area contributed by atoms with Gasteiger partial charge in [0, 0.05) is 29.8 Å². The normalized spacial score (nSPS) is 20.3. The predicted molar refractivity (Wildman–Crippen MR) is 79.6 cm³/mol. The zero-order valence-corrected chi connectivity index (χ0v) is 12.0. The number of nitrogens with zero attached hydrogens (tertiary/aromatic N) is 2. The zero-order chi connectivity index (χ0) is 16.4. The van der Waals surface area contributed by atoms with Gasteiger partial charge in [-0.1, -0.05) is 6.07 Å². The van der Waals surface area contributed by atoms with Crippen molar-refractivity contribution in [3.05, 3.63) is 79.9 Å². The van der Waals surface area contributed by atoms with Gasteiger partial charge in [0.05, 0.1) is 9.85 Å². The fourth-order valence-corrected chi connectivity index (χ4v) is 2.59. The summed E-state index contributed by atoms with van der Waals surface area (Å²) >= 11 is 0. The molecule has 23 heavy (non-hydrogen) atoms. The standard InChI is InChI=1S/C15H13N3O5/c19-17(20)12-6-4-10(5-7-12)14-9-16-15(23-14)11-2-1-3-13(8-11)18(21)22/h1-8,14-16H,9H2/p+1/t14-,15-/m0/s1. The Balaban J connectivity index is 1.74. The van der Waals surface area contributed by atoms with Crippen LogP contribution in [0.25, 0.3) is 0 Å². The summed E-state index contributed by atoms with van der Waals surface area (Å²) in [6.07, 6.45) is -0.532. The van der Waals surface area contributed by atoms with E-state index in [1.807, 2.05) is 5.32 Å². The average Bonchev–Trinajstić information content (AvgIpc) is 3.05. The van der Waals surface area contributed by atoms with Crippen LogP contribution in [0, 0.1) is 20.2 Å². The van der Waals surface area contributed by atoms with E-state index in [0.717, 1.165) is 11.1 Å². The van der Waals surface area contributed by atoms with Crippen molar-refractivity contribution in [1.29, 1.82) is 0 Å². The molecular weight excluding hydrogens is 302 g/mol. The second kappa shape index (κ2) is 6.11. The highest BCUT2D eigenvalue weighted by Gasteiger charge is 2.32. The van der Waals surface area contributed by atoms with Crippen molar-refractivity contribution >= 4 is 11.4 Å². The Hall–Kier alpha value is -2.84. The van der Waals surface area contributed by atoms with Crippen molar-refractivity contribution in [2.45, 2.75) is 12.3 Å². The number of nitro benzene ring substituents is 2. The topological polar surface area (TPSA) is 112 Å². The lowest BCUT2D eigenvalue weighted by Crippen LogP contribution is -2.82.